The second-order valence-electron chi connectivity index (χ2n) is 8.71. The summed E-state index contributed by atoms with van der Waals surface area (Å²) in [5.41, 5.74) is -4.24. The molecular weight excluding hydrogens is 458 g/mol. The van der Waals surface area contributed by atoms with E-state index in [1.807, 2.05) is 0 Å². The number of fused-ring (bicyclic) bond motifs is 3. The molecule has 0 fully saturated rings. The van der Waals surface area contributed by atoms with Gasteiger partial charge in [-0.3, -0.25) is 0 Å². The summed E-state index contributed by atoms with van der Waals surface area (Å²) in [5.74, 6) is -13.3. The first kappa shape index (κ1) is 24.5. The molecule has 2 aliphatic rings. The fourth-order valence-electron chi connectivity index (χ4n) is 4.65. The van der Waals surface area contributed by atoms with Crippen molar-refractivity contribution in [2.75, 3.05) is 13.2 Å². The minimum atomic E-state index is -4.99. The highest BCUT2D eigenvalue weighted by molar-refractivity contribution is 5.79. The summed E-state index contributed by atoms with van der Waals surface area (Å²) in [5, 5.41) is 0. The Morgan fingerprint density at radius 2 is 1.50 bits per heavy atom. The quantitative estimate of drug-likeness (QED) is 0.291. The normalized spacial score (nSPS) is 20.1. The van der Waals surface area contributed by atoms with Gasteiger partial charge in [0.25, 0.3) is 0 Å². The third kappa shape index (κ3) is 3.85. The van der Waals surface area contributed by atoms with E-state index in [1.165, 1.54) is 13.0 Å². The van der Waals surface area contributed by atoms with Gasteiger partial charge >= 0.3 is 11.8 Å². The van der Waals surface area contributed by atoms with Crippen molar-refractivity contribution in [2.24, 2.45) is 5.92 Å². The Bertz CT molecular complexity index is 1110. The van der Waals surface area contributed by atoms with Crippen LogP contribution in [0.2, 0.25) is 0 Å². The number of hydrogen-bond acceptors (Lipinski definition) is 2. The molecule has 0 saturated carbocycles. The van der Waals surface area contributed by atoms with Gasteiger partial charge in [-0.25, -0.2) is 8.78 Å². The summed E-state index contributed by atoms with van der Waals surface area (Å²) in [6, 6.07) is 4.47. The molecule has 0 aromatic heterocycles. The van der Waals surface area contributed by atoms with Crippen LogP contribution in [0.15, 0.2) is 30.3 Å². The van der Waals surface area contributed by atoms with Crippen molar-refractivity contribution in [1.82, 2.24) is 0 Å². The van der Waals surface area contributed by atoms with Gasteiger partial charge in [0.15, 0.2) is 11.6 Å². The molecule has 2 nitrogen and oxygen atoms in total. The summed E-state index contributed by atoms with van der Waals surface area (Å²) in [6.07, 6.45) is 6.32. The predicted octanol–water partition coefficient (Wildman–Crippen LogP) is 8.19. The van der Waals surface area contributed by atoms with Gasteiger partial charge in [0.05, 0.1) is 29.9 Å². The molecule has 1 aliphatic carbocycles. The summed E-state index contributed by atoms with van der Waals surface area (Å²) in [6.45, 7) is 3.86. The number of hydrogen-bond donors (Lipinski definition) is 0. The zero-order valence-corrected chi connectivity index (χ0v) is 19.0. The molecule has 1 unspecified atom stereocenters. The first-order valence-corrected chi connectivity index (χ1v) is 11.5. The van der Waals surface area contributed by atoms with Gasteiger partial charge < -0.3 is 9.47 Å². The first-order valence-electron chi connectivity index (χ1n) is 11.5. The van der Waals surface area contributed by atoms with Gasteiger partial charge in [-0.2, -0.15) is 17.6 Å². The Morgan fingerprint density at radius 1 is 0.882 bits per heavy atom. The third-order valence-corrected chi connectivity index (χ3v) is 6.45. The monoisotopic (exact) mass is 484 g/mol. The first-order chi connectivity index (χ1) is 16.1. The number of allylic oxidation sites excluding steroid dienone is 1. The van der Waals surface area contributed by atoms with Crippen LogP contribution in [0.5, 0.6) is 5.75 Å². The van der Waals surface area contributed by atoms with Crippen molar-refractivity contribution in [2.45, 2.75) is 57.8 Å². The van der Waals surface area contributed by atoms with Gasteiger partial charge in [0.2, 0.25) is 0 Å². The summed E-state index contributed by atoms with van der Waals surface area (Å²) in [7, 11) is 0. The van der Waals surface area contributed by atoms with Gasteiger partial charge in [-0.15, -0.1) is 0 Å². The number of rotatable bonds is 7. The number of alkyl halides is 4. The Kier molecular flexibility index (Phi) is 6.62. The lowest BCUT2D eigenvalue weighted by molar-refractivity contribution is -0.227. The zero-order chi connectivity index (χ0) is 24.7. The largest absolute Gasteiger partial charge is 0.493 e. The zero-order valence-electron chi connectivity index (χ0n) is 19.0. The lowest BCUT2D eigenvalue weighted by Gasteiger charge is -2.36. The lowest BCUT2D eigenvalue weighted by atomic mass is 9.79. The molecule has 0 saturated heterocycles. The minimum Gasteiger partial charge on any atom is -0.493 e. The molecule has 0 radical (unpaired) electrons. The highest BCUT2D eigenvalue weighted by Crippen LogP contribution is 2.60. The van der Waals surface area contributed by atoms with Crippen LogP contribution >= 0.6 is 0 Å². The van der Waals surface area contributed by atoms with Crippen molar-refractivity contribution in [1.29, 1.82) is 0 Å². The molecule has 34 heavy (non-hydrogen) atoms. The van der Waals surface area contributed by atoms with E-state index in [0.717, 1.165) is 43.9 Å². The van der Waals surface area contributed by atoms with Crippen molar-refractivity contribution in [3.63, 3.8) is 0 Å². The topological polar surface area (TPSA) is 18.5 Å². The second-order valence-corrected chi connectivity index (χ2v) is 8.71. The standard InChI is InChI=1S/C26H26F6O2/c1-3-5-6-7-15-8-12-19(34-14-15)18-10-9-16-17-11-13-20(33-4-2)24(28)22(17)26(31,32)25(29,30)21(16)23(18)27/h9-13,15H,3-8,14H2,1-2H3. The van der Waals surface area contributed by atoms with Crippen LogP contribution in [-0.4, -0.2) is 13.2 Å². The average Bonchev–Trinajstić information content (AvgIpc) is 2.80. The molecule has 0 N–H and O–H groups in total. The van der Waals surface area contributed by atoms with E-state index >= 15 is 22.0 Å². The molecule has 0 spiro atoms. The predicted molar refractivity (Wildman–Crippen MR) is 117 cm³/mol. The highest BCUT2D eigenvalue weighted by atomic mass is 19.3. The molecule has 1 atom stereocenters. The summed E-state index contributed by atoms with van der Waals surface area (Å²) in [4.78, 5) is 0. The molecule has 4 rings (SSSR count). The van der Waals surface area contributed by atoms with E-state index in [0.29, 0.717) is 13.0 Å². The van der Waals surface area contributed by atoms with Crippen molar-refractivity contribution in [3.8, 4) is 16.9 Å². The molecule has 8 heteroatoms. The fraction of sp³-hybridized carbons (Fsp3) is 0.462. The third-order valence-electron chi connectivity index (χ3n) is 6.45. The molecular formula is C26H26F6O2. The minimum absolute atomic E-state index is 0.0409. The fourth-order valence-corrected chi connectivity index (χ4v) is 4.65. The van der Waals surface area contributed by atoms with Gasteiger partial charge in [0, 0.05) is 0 Å². The van der Waals surface area contributed by atoms with Gasteiger partial charge in [-0.1, -0.05) is 32.3 Å². The Labute approximate surface area is 194 Å². The molecule has 1 aliphatic heterocycles. The van der Waals surface area contributed by atoms with E-state index in [4.69, 9.17) is 9.47 Å². The van der Waals surface area contributed by atoms with Crippen LogP contribution in [0, 0.1) is 17.6 Å². The van der Waals surface area contributed by atoms with Crippen LogP contribution in [0.4, 0.5) is 26.3 Å². The number of unbranched alkanes of at least 4 members (excludes halogenated alkanes) is 2. The smallest absolute Gasteiger partial charge is 0.343 e. The molecule has 0 bridgehead atoms. The van der Waals surface area contributed by atoms with E-state index in [1.54, 1.807) is 6.08 Å². The number of benzene rings is 2. The maximum absolute atomic E-state index is 15.5. The molecule has 184 valence electrons. The van der Waals surface area contributed by atoms with Crippen LogP contribution in [0.3, 0.4) is 0 Å². The van der Waals surface area contributed by atoms with Gasteiger partial charge in [-0.05, 0) is 61.1 Å². The maximum Gasteiger partial charge on any atom is 0.343 e. The average molecular weight is 484 g/mol. The summed E-state index contributed by atoms with van der Waals surface area (Å²) >= 11 is 0. The summed E-state index contributed by atoms with van der Waals surface area (Å²) < 4.78 is 101. The van der Waals surface area contributed by atoms with Crippen molar-refractivity contribution < 1.29 is 35.8 Å². The van der Waals surface area contributed by atoms with Crippen LogP contribution in [0.1, 0.15) is 62.6 Å². The molecule has 2 aromatic carbocycles. The highest BCUT2D eigenvalue weighted by Gasteiger charge is 2.65. The number of halogens is 6. The molecule has 0 amide bonds. The maximum atomic E-state index is 15.5. The lowest BCUT2D eigenvalue weighted by Crippen LogP contribution is -2.41. The van der Waals surface area contributed by atoms with E-state index in [-0.39, 0.29) is 23.8 Å². The molecule has 1 heterocycles. The van der Waals surface area contributed by atoms with Crippen molar-refractivity contribution in [3.05, 3.63) is 58.7 Å². The van der Waals surface area contributed by atoms with E-state index in [9.17, 15) is 4.39 Å². The Morgan fingerprint density at radius 3 is 2.09 bits per heavy atom. The van der Waals surface area contributed by atoms with Crippen LogP contribution in [0.25, 0.3) is 16.9 Å². The SMILES string of the molecule is CCCCCC1CC=C(c2ccc3c(c2F)C(F)(F)C(F)(F)c2c-3ccc(OCC)c2F)OC1. The molecule has 2 aromatic rings. The van der Waals surface area contributed by atoms with Crippen LogP contribution < -0.4 is 4.74 Å². The van der Waals surface area contributed by atoms with Gasteiger partial charge in [0.1, 0.15) is 11.6 Å². The number of ether oxygens (including phenoxy) is 2. The second kappa shape index (κ2) is 9.19. The van der Waals surface area contributed by atoms with E-state index < -0.39 is 51.5 Å². The van der Waals surface area contributed by atoms with E-state index in [2.05, 4.69) is 6.92 Å². The van der Waals surface area contributed by atoms with Crippen molar-refractivity contribution >= 4 is 5.76 Å². The Balaban J connectivity index is 1.78. The Hall–Kier alpha value is -2.64. The van der Waals surface area contributed by atoms with Crippen LogP contribution in [-0.2, 0) is 16.6 Å².